The highest BCUT2D eigenvalue weighted by atomic mass is 16.6. The molecule has 0 fully saturated rings. The van der Waals surface area contributed by atoms with Crippen molar-refractivity contribution in [3.63, 3.8) is 0 Å². The molecule has 0 saturated carbocycles. The Morgan fingerprint density at radius 1 is 1.04 bits per heavy atom. The minimum atomic E-state index is -0.752. The van der Waals surface area contributed by atoms with E-state index in [2.05, 4.69) is 20.7 Å². The first-order valence-corrected chi connectivity index (χ1v) is 7.82. The molecule has 2 aromatic carbocycles. The maximum absolute atomic E-state index is 12.5. The molecule has 1 heterocycles. The van der Waals surface area contributed by atoms with Gasteiger partial charge in [-0.25, -0.2) is 0 Å². The lowest BCUT2D eigenvalue weighted by atomic mass is 10.1. The third kappa shape index (κ3) is 4.51. The third-order valence-corrected chi connectivity index (χ3v) is 3.47. The molecule has 136 valence electrons. The normalized spacial score (nSPS) is 10.2. The van der Waals surface area contributed by atoms with Gasteiger partial charge in [-0.3, -0.25) is 9.59 Å². The van der Waals surface area contributed by atoms with E-state index in [9.17, 15) is 19.7 Å². The Bertz CT molecular complexity index is 986. The van der Waals surface area contributed by atoms with Crippen LogP contribution in [0.5, 0.6) is 0 Å². The summed E-state index contributed by atoms with van der Waals surface area (Å²) in [6, 6.07) is 15.4. The van der Waals surface area contributed by atoms with Crippen molar-refractivity contribution >= 4 is 29.1 Å². The van der Waals surface area contributed by atoms with Crippen molar-refractivity contribution in [2.75, 3.05) is 10.6 Å². The SMILES string of the molecule is O=C(Cn1cnc([N+](=O)[O-])n1)Nc1ccccc1C(=O)Nc1ccccc1. The number of amides is 2. The van der Waals surface area contributed by atoms with Crippen molar-refractivity contribution in [3.05, 3.63) is 76.6 Å². The van der Waals surface area contributed by atoms with E-state index in [0.717, 1.165) is 11.0 Å². The summed E-state index contributed by atoms with van der Waals surface area (Å²) >= 11 is 0. The Morgan fingerprint density at radius 2 is 1.74 bits per heavy atom. The first-order chi connectivity index (χ1) is 13.0. The fourth-order valence-electron chi connectivity index (χ4n) is 2.29. The Labute approximate surface area is 153 Å². The molecule has 0 atom stereocenters. The second-order valence-electron chi connectivity index (χ2n) is 5.41. The van der Waals surface area contributed by atoms with Gasteiger partial charge in [-0.2, -0.15) is 4.68 Å². The number of carbonyl (C=O) groups excluding carboxylic acids is 2. The van der Waals surface area contributed by atoms with E-state index in [1.54, 1.807) is 48.5 Å². The lowest BCUT2D eigenvalue weighted by Gasteiger charge is -2.11. The number of anilines is 2. The molecule has 10 nitrogen and oxygen atoms in total. The van der Waals surface area contributed by atoms with Gasteiger partial charge in [0.25, 0.3) is 5.91 Å². The summed E-state index contributed by atoms with van der Waals surface area (Å²) in [5.74, 6) is -1.48. The molecule has 1 aromatic heterocycles. The molecule has 0 radical (unpaired) electrons. The van der Waals surface area contributed by atoms with Gasteiger partial charge >= 0.3 is 5.95 Å². The summed E-state index contributed by atoms with van der Waals surface area (Å²) < 4.78 is 1.04. The van der Waals surface area contributed by atoms with Crippen LogP contribution in [0.3, 0.4) is 0 Å². The van der Waals surface area contributed by atoms with Gasteiger partial charge in [0.15, 0.2) is 0 Å². The molecule has 27 heavy (non-hydrogen) atoms. The fraction of sp³-hybridized carbons (Fsp3) is 0.0588. The molecule has 3 aromatic rings. The van der Waals surface area contributed by atoms with Crippen LogP contribution in [0.1, 0.15) is 10.4 Å². The number of benzene rings is 2. The van der Waals surface area contributed by atoms with Gasteiger partial charge in [0.1, 0.15) is 6.54 Å². The molecule has 0 aliphatic rings. The quantitative estimate of drug-likeness (QED) is 0.507. The molecule has 3 rings (SSSR count). The average molecular weight is 366 g/mol. The highest BCUT2D eigenvalue weighted by Gasteiger charge is 2.17. The number of hydrogen-bond acceptors (Lipinski definition) is 6. The zero-order chi connectivity index (χ0) is 19.2. The first kappa shape index (κ1) is 17.7. The van der Waals surface area contributed by atoms with Gasteiger partial charge in [0, 0.05) is 10.8 Å². The molecule has 2 amide bonds. The van der Waals surface area contributed by atoms with E-state index in [-0.39, 0.29) is 18.0 Å². The second-order valence-corrected chi connectivity index (χ2v) is 5.41. The standard InChI is InChI=1S/C17H14N6O4/c24-15(10-22-11-18-17(21-22)23(26)27)20-14-9-5-4-8-13(14)16(25)19-12-6-2-1-3-7-12/h1-9,11H,10H2,(H,19,25)(H,20,24). The number of nitrogens with zero attached hydrogens (tertiary/aromatic N) is 4. The van der Waals surface area contributed by atoms with Crippen molar-refractivity contribution < 1.29 is 14.5 Å². The lowest BCUT2D eigenvalue weighted by Crippen LogP contribution is -2.22. The summed E-state index contributed by atoms with van der Waals surface area (Å²) in [6.07, 6.45) is 1.09. The molecule has 0 unspecified atom stereocenters. The summed E-state index contributed by atoms with van der Waals surface area (Å²) in [6.45, 7) is -0.282. The molecule has 2 N–H and O–H groups in total. The minimum absolute atomic E-state index is 0.277. The van der Waals surface area contributed by atoms with Crippen molar-refractivity contribution in [2.24, 2.45) is 0 Å². The molecule has 0 bridgehead atoms. The van der Waals surface area contributed by atoms with Crippen LogP contribution in [0.4, 0.5) is 17.3 Å². The van der Waals surface area contributed by atoms with Crippen molar-refractivity contribution in [3.8, 4) is 0 Å². The Kier molecular flexibility index (Phi) is 5.17. The zero-order valence-electron chi connectivity index (χ0n) is 13.9. The predicted molar refractivity (Wildman–Crippen MR) is 96.1 cm³/mol. The first-order valence-electron chi connectivity index (χ1n) is 7.82. The average Bonchev–Trinajstić information content (AvgIpc) is 3.11. The van der Waals surface area contributed by atoms with Crippen molar-refractivity contribution in [2.45, 2.75) is 6.54 Å². The van der Waals surface area contributed by atoms with E-state index in [1.807, 2.05) is 6.07 Å². The number of aromatic nitrogens is 3. The van der Waals surface area contributed by atoms with Crippen molar-refractivity contribution in [1.29, 1.82) is 0 Å². The van der Waals surface area contributed by atoms with Gasteiger partial charge in [-0.1, -0.05) is 35.3 Å². The van der Waals surface area contributed by atoms with Gasteiger partial charge in [0.2, 0.25) is 12.2 Å². The number of hydrogen-bond donors (Lipinski definition) is 2. The molecular formula is C17H14N6O4. The highest BCUT2D eigenvalue weighted by molar-refractivity contribution is 6.10. The lowest BCUT2D eigenvalue weighted by molar-refractivity contribution is -0.394. The largest absolute Gasteiger partial charge is 0.490 e. The van der Waals surface area contributed by atoms with E-state index in [4.69, 9.17) is 0 Å². The van der Waals surface area contributed by atoms with Crippen LogP contribution in [0.2, 0.25) is 0 Å². The molecule has 0 aliphatic heterocycles. The Balaban J connectivity index is 1.70. The summed E-state index contributed by atoms with van der Waals surface area (Å²) in [4.78, 5) is 38.0. The van der Waals surface area contributed by atoms with Gasteiger partial charge in [-0.05, 0) is 29.2 Å². The molecule has 0 spiro atoms. The van der Waals surface area contributed by atoms with E-state index < -0.39 is 16.8 Å². The van der Waals surface area contributed by atoms with E-state index in [0.29, 0.717) is 11.4 Å². The smallest absolute Gasteiger partial charge is 0.390 e. The second kappa shape index (κ2) is 7.87. The van der Waals surface area contributed by atoms with Gasteiger partial charge < -0.3 is 20.7 Å². The van der Waals surface area contributed by atoms with Crippen LogP contribution in [-0.4, -0.2) is 31.5 Å². The number of nitro groups is 1. The van der Waals surface area contributed by atoms with E-state index >= 15 is 0 Å². The fourth-order valence-corrected chi connectivity index (χ4v) is 2.29. The molecule has 10 heteroatoms. The minimum Gasteiger partial charge on any atom is -0.390 e. The van der Waals surface area contributed by atoms with Crippen LogP contribution in [-0.2, 0) is 11.3 Å². The topological polar surface area (TPSA) is 132 Å². The Morgan fingerprint density at radius 3 is 2.44 bits per heavy atom. The molecule has 0 aliphatic carbocycles. The highest BCUT2D eigenvalue weighted by Crippen LogP contribution is 2.17. The Hall–Kier alpha value is -4.08. The monoisotopic (exact) mass is 366 g/mol. The van der Waals surface area contributed by atoms with Crippen LogP contribution in [0.25, 0.3) is 0 Å². The van der Waals surface area contributed by atoms with Gasteiger partial charge in [-0.15, -0.1) is 0 Å². The summed E-state index contributed by atoms with van der Waals surface area (Å²) in [5, 5.41) is 19.5. The third-order valence-electron chi connectivity index (χ3n) is 3.47. The maximum atomic E-state index is 12.5. The number of nitrogens with one attached hydrogen (secondary N) is 2. The number of carbonyl (C=O) groups is 2. The number of para-hydroxylation sites is 2. The van der Waals surface area contributed by atoms with Crippen LogP contribution in [0.15, 0.2) is 60.9 Å². The summed E-state index contributed by atoms with van der Waals surface area (Å²) in [7, 11) is 0. The van der Waals surface area contributed by atoms with Crippen LogP contribution in [0, 0.1) is 10.1 Å². The molecule has 0 saturated heterocycles. The molecular weight excluding hydrogens is 352 g/mol. The van der Waals surface area contributed by atoms with Crippen molar-refractivity contribution in [1.82, 2.24) is 14.8 Å². The maximum Gasteiger partial charge on any atom is 0.490 e. The zero-order valence-corrected chi connectivity index (χ0v) is 13.9. The predicted octanol–water partition coefficient (Wildman–Crippen LogP) is 2.08. The summed E-state index contributed by atoms with van der Waals surface area (Å²) in [5.41, 5.74) is 1.21. The van der Waals surface area contributed by atoms with Crippen LogP contribution >= 0.6 is 0 Å². The van der Waals surface area contributed by atoms with E-state index in [1.165, 1.54) is 0 Å². The number of rotatable bonds is 6. The van der Waals surface area contributed by atoms with Gasteiger partial charge in [0.05, 0.1) is 11.3 Å². The van der Waals surface area contributed by atoms with Crippen LogP contribution < -0.4 is 10.6 Å².